The monoisotopic (exact) mass is 284 g/mol. The maximum Gasteiger partial charge on any atom is 0.0441 e. The topological polar surface area (TPSA) is 6.48 Å². The number of thioether (sulfide) groups is 1. The van der Waals surface area contributed by atoms with Crippen LogP contribution in [0.3, 0.4) is 0 Å². The van der Waals surface area contributed by atoms with Crippen LogP contribution in [0.1, 0.15) is 45.4 Å². The fraction of sp³-hybridized carbons (Fsp3) is 1.00. The van der Waals surface area contributed by atoms with Crippen molar-refractivity contribution in [2.75, 3.05) is 44.9 Å². The quantitative estimate of drug-likeness (QED) is 0.737. The molecule has 0 atom stereocenters. The van der Waals surface area contributed by atoms with Crippen LogP contribution in [0, 0.1) is 11.8 Å². The van der Waals surface area contributed by atoms with E-state index in [1.54, 1.807) is 0 Å². The predicted molar refractivity (Wildman–Crippen MR) is 86.8 cm³/mol. The van der Waals surface area contributed by atoms with Gasteiger partial charge in [0.15, 0.2) is 0 Å². The second-order valence-electron chi connectivity index (χ2n) is 6.50. The lowest BCUT2D eigenvalue weighted by Gasteiger charge is -2.36. The van der Waals surface area contributed by atoms with Crippen molar-refractivity contribution in [3.05, 3.63) is 0 Å². The summed E-state index contributed by atoms with van der Waals surface area (Å²) in [5, 5.41) is 0. The van der Waals surface area contributed by atoms with Crippen molar-refractivity contribution in [2.45, 2.75) is 45.4 Å². The molecule has 112 valence electrons. The average Bonchev–Trinajstić information content (AvgIpc) is 2.44. The lowest BCUT2D eigenvalue weighted by atomic mass is 9.83. The van der Waals surface area contributed by atoms with Gasteiger partial charge < -0.3 is 4.90 Å². The van der Waals surface area contributed by atoms with Crippen molar-refractivity contribution >= 4 is 11.8 Å². The van der Waals surface area contributed by atoms with Crippen molar-refractivity contribution in [1.29, 1.82) is 0 Å². The van der Waals surface area contributed by atoms with Gasteiger partial charge in [-0.2, -0.15) is 0 Å². The fourth-order valence-electron chi connectivity index (χ4n) is 3.77. The van der Waals surface area contributed by atoms with Crippen LogP contribution < -0.4 is 0 Å². The molecular weight excluding hydrogens is 252 g/mol. The number of piperidine rings is 2. The lowest BCUT2D eigenvalue weighted by Crippen LogP contribution is -2.37. The third-order valence-electron chi connectivity index (χ3n) is 4.93. The average molecular weight is 285 g/mol. The molecule has 0 aromatic heterocycles. The van der Waals surface area contributed by atoms with Gasteiger partial charge in [-0.05, 0) is 89.3 Å². The van der Waals surface area contributed by atoms with Crippen LogP contribution in [0.15, 0.2) is 0 Å². The summed E-state index contributed by atoms with van der Waals surface area (Å²) in [6.45, 7) is 9.04. The highest BCUT2D eigenvalue weighted by atomic mass is 32.2. The molecule has 0 unspecified atom stereocenters. The van der Waals surface area contributed by atoms with Gasteiger partial charge in [0, 0.05) is 5.88 Å². The molecule has 0 radical (unpaired) electrons. The summed E-state index contributed by atoms with van der Waals surface area (Å²) < 4.78 is 0. The van der Waals surface area contributed by atoms with Gasteiger partial charge in [0.1, 0.15) is 0 Å². The second-order valence-corrected chi connectivity index (χ2v) is 7.34. The van der Waals surface area contributed by atoms with Gasteiger partial charge in [-0.3, -0.25) is 4.90 Å². The molecule has 2 rings (SSSR count). The number of hydrogen-bond donors (Lipinski definition) is 0. The Hall–Kier alpha value is 0.270. The molecule has 3 heteroatoms. The Balaban J connectivity index is 1.61. The molecule has 2 aliphatic rings. The van der Waals surface area contributed by atoms with Crippen molar-refractivity contribution in [2.24, 2.45) is 11.8 Å². The lowest BCUT2D eigenvalue weighted by molar-refractivity contribution is 0.141. The van der Waals surface area contributed by atoms with Crippen LogP contribution >= 0.6 is 11.8 Å². The third kappa shape index (κ3) is 5.28. The normalized spacial score (nSPS) is 24.9. The summed E-state index contributed by atoms with van der Waals surface area (Å²) >= 11 is 1.97. The molecule has 0 aromatic rings. The van der Waals surface area contributed by atoms with Crippen molar-refractivity contribution < 1.29 is 0 Å². The van der Waals surface area contributed by atoms with E-state index >= 15 is 0 Å². The molecule has 19 heavy (non-hydrogen) atoms. The molecule has 0 spiro atoms. The van der Waals surface area contributed by atoms with Crippen molar-refractivity contribution in [3.63, 3.8) is 0 Å². The zero-order valence-corrected chi connectivity index (χ0v) is 13.8. The van der Waals surface area contributed by atoms with Gasteiger partial charge in [0.05, 0.1) is 0 Å². The summed E-state index contributed by atoms with van der Waals surface area (Å²) in [6, 6.07) is 0. The van der Waals surface area contributed by atoms with Gasteiger partial charge in [-0.1, -0.05) is 6.92 Å². The van der Waals surface area contributed by atoms with E-state index in [4.69, 9.17) is 0 Å². The van der Waals surface area contributed by atoms with E-state index in [1.807, 2.05) is 11.8 Å². The maximum absolute atomic E-state index is 2.66. The Kier molecular flexibility index (Phi) is 7.03. The predicted octanol–water partition coefficient (Wildman–Crippen LogP) is 3.53. The molecule has 2 fully saturated rings. The Bertz CT molecular complexity index is 207. The van der Waals surface area contributed by atoms with Crippen LogP contribution in [-0.4, -0.2) is 54.7 Å². The molecular formula is C16H32N2S. The first-order valence-corrected chi connectivity index (χ1v) is 9.64. The summed E-state index contributed by atoms with van der Waals surface area (Å²) in [7, 11) is 0. The number of nitrogens with zero attached hydrogens (tertiary/aromatic N) is 2. The van der Waals surface area contributed by atoms with Crippen LogP contribution in [-0.2, 0) is 0 Å². The van der Waals surface area contributed by atoms with E-state index in [1.165, 1.54) is 77.1 Å². The molecule has 0 aromatic carbocycles. The summed E-state index contributed by atoms with van der Waals surface area (Å²) in [6.07, 6.45) is 10.9. The zero-order chi connectivity index (χ0) is 13.5. The van der Waals surface area contributed by atoms with Crippen LogP contribution in [0.5, 0.6) is 0 Å². The van der Waals surface area contributed by atoms with Crippen molar-refractivity contribution in [3.8, 4) is 0 Å². The minimum absolute atomic E-state index is 1.03. The smallest absolute Gasteiger partial charge is 0.0441 e. The Labute approximate surface area is 124 Å². The summed E-state index contributed by atoms with van der Waals surface area (Å²) in [4.78, 5) is 5.29. The van der Waals surface area contributed by atoms with Crippen LogP contribution in [0.2, 0.25) is 0 Å². The largest absolute Gasteiger partial charge is 0.303 e. The molecule has 0 aliphatic carbocycles. The summed E-state index contributed by atoms with van der Waals surface area (Å²) in [5.41, 5.74) is 0. The zero-order valence-electron chi connectivity index (χ0n) is 12.9. The van der Waals surface area contributed by atoms with E-state index in [2.05, 4.69) is 23.0 Å². The van der Waals surface area contributed by atoms with Crippen LogP contribution in [0.25, 0.3) is 0 Å². The standard InChI is InChI=1S/C16H32N2S/c1-3-8-17-9-4-15(5-10-17)13-16-6-11-18(12-7-16)14-19-2/h15-16H,3-14H2,1-2H3. The first-order valence-electron chi connectivity index (χ1n) is 8.25. The first-order chi connectivity index (χ1) is 9.31. The van der Waals surface area contributed by atoms with E-state index in [0.717, 1.165) is 11.8 Å². The van der Waals surface area contributed by atoms with Crippen LogP contribution in [0.4, 0.5) is 0 Å². The highest BCUT2D eigenvalue weighted by Crippen LogP contribution is 2.30. The molecule has 0 bridgehead atoms. The first kappa shape index (κ1) is 15.7. The minimum atomic E-state index is 1.03. The number of rotatable bonds is 6. The summed E-state index contributed by atoms with van der Waals surface area (Å²) in [5.74, 6) is 3.30. The van der Waals surface area contributed by atoms with E-state index in [0.29, 0.717) is 0 Å². The second kappa shape index (κ2) is 8.53. The molecule has 2 nitrogen and oxygen atoms in total. The Morgan fingerprint density at radius 3 is 1.89 bits per heavy atom. The van der Waals surface area contributed by atoms with E-state index in [-0.39, 0.29) is 0 Å². The molecule has 2 heterocycles. The Morgan fingerprint density at radius 1 is 0.895 bits per heavy atom. The van der Waals surface area contributed by atoms with Gasteiger partial charge in [-0.15, -0.1) is 11.8 Å². The highest BCUT2D eigenvalue weighted by molar-refractivity contribution is 7.98. The Morgan fingerprint density at radius 2 is 1.42 bits per heavy atom. The SMILES string of the molecule is CCCN1CCC(CC2CCN(CSC)CC2)CC1. The molecule has 0 saturated carbocycles. The van der Waals surface area contributed by atoms with Crippen molar-refractivity contribution in [1.82, 2.24) is 9.80 Å². The van der Waals surface area contributed by atoms with E-state index in [9.17, 15) is 0 Å². The maximum atomic E-state index is 2.66. The molecule has 2 saturated heterocycles. The van der Waals surface area contributed by atoms with Gasteiger partial charge in [-0.25, -0.2) is 0 Å². The van der Waals surface area contributed by atoms with Gasteiger partial charge in [0.25, 0.3) is 0 Å². The number of hydrogen-bond acceptors (Lipinski definition) is 3. The minimum Gasteiger partial charge on any atom is -0.303 e. The van der Waals surface area contributed by atoms with Gasteiger partial charge >= 0.3 is 0 Å². The fourth-order valence-corrected chi connectivity index (χ4v) is 4.39. The molecule has 0 amide bonds. The molecule has 0 N–H and O–H groups in total. The number of likely N-dealkylation sites (tertiary alicyclic amines) is 2. The third-order valence-corrected chi connectivity index (χ3v) is 5.56. The van der Waals surface area contributed by atoms with Gasteiger partial charge in [0.2, 0.25) is 0 Å². The van der Waals surface area contributed by atoms with E-state index < -0.39 is 0 Å². The molecule has 2 aliphatic heterocycles. The highest BCUT2D eigenvalue weighted by Gasteiger charge is 2.24.